The number of nitrogens with two attached hydrogens (primary N) is 1. The van der Waals surface area contributed by atoms with Gasteiger partial charge in [-0.3, -0.25) is 0 Å². The summed E-state index contributed by atoms with van der Waals surface area (Å²) in [6, 6.07) is 8.86. The van der Waals surface area contributed by atoms with Gasteiger partial charge in [-0.05, 0) is 80.0 Å². The van der Waals surface area contributed by atoms with E-state index in [2.05, 4.69) is 22.5 Å². The van der Waals surface area contributed by atoms with E-state index in [0.29, 0.717) is 43.5 Å². The highest BCUT2D eigenvalue weighted by Crippen LogP contribution is 2.33. The van der Waals surface area contributed by atoms with Gasteiger partial charge < -0.3 is 26.0 Å². The Labute approximate surface area is 203 Å². The molecular formula is C25H32F3N5O2. The van der Waals surface area contributed by atoms with E-state index in [-0.39, 0.29) is 12.1 Å². The molecule has 2 fully saturated rings. The Morgan fingerprint density at radius 2 is 2.00 bits per heavy atom. The van der Waals surface area contributed by atoms with Crippen molar-refractivity contribution in [1.29, 1.82) is 0 Å². The zero-order valence-electron chi connectivity index (χ0n) is 20.0. The molecule has 0 aliphatic carbocycles. The van der Waals surface area contributed by atoms with Gasteiger partial charge >= 0.3 is 12.2 Å². The largest absolute Gasteiger partial charge is 0.389 e. The van der Waals surface area contributed by atoms with Gasteiger partial charge in [0.05, 0.1) is 0 Å². The lowest BCUT2D eigenvalue weighted by atomic mass is 9.92. The molecule has 0 spiro atoms. The molecule has 0 unspecified atom stereocenters. The predicted octanol–water partition coefficient (Wildman–Crippen LogP) is 5.43. The van der Waals surface area contributed by atoms with E-state index in [1.165, 1.54) is 4.90 Å². The van der Waals surface area contributed by atoms with Gasteiger partial charge in [0.1, 0.15) is 11.6 Å². The molecule has 35 heavy (non-hydrogen) atoms. The minimum atomic E-state index is -4.22. The third kappa shape index (κ3) is 6.56. The fourth-order valence-corrected chi connectivity index (χ4v) is 4.75. The van der Waals surface area contributed by atoms with Gasteiger partial charge in [-0.25, -0.2) is 9.78 Å². The van der Waals surface area contributed by atoms with E-state index in [9.17, 15) is 18.0 Å². The molecule has 0 radical (unpaired) electrons. The maximum absolute atomic E-state index is 12.7. The van der Waals surface area contributed by atoms with Crippen LogP contribution in [-0.2, 0) is 4.74 Å². The van der Waals surface area contributed by atoms with E-state index in [1.54, 1.807) is 12.1 Å². The van der Waals surface area contributed by atoms with Gasteiger partial charge in [0.2, 0.25) is 0 Å². The van der Waals surface area contributed by atoms with Crippen molar-refractivity contribution in [3.63, 3.8) is 0 Å². The molecule has 1 atom stereocenters. The number of nitrogens with zero attached hydrogens (tertiary/aromatic N) is 2. The van der Waals surface area contributed by atoms with Gasteiger partial charge in [-0.1, -0.05) is 6.07 Å². The highest BCUT2D eigenvalue weighted by Gasteiger charge is 2.36. The van der Waals surface area contributed by atoms with Crippen LogP contribution in [0, 0.1) is 12.8 Å². The smallest absolute Gasteiger partial charge is 0.384 e. The van der Waals surface area contributed by atoms with Crippen LogP contribution < -0.4 is 16.4 Å². The first-order valence-corrected chi connectivity index (χ1v) is 11.9. The molecule has 190 valence electrons. The molecule has 2 aliphatic heterocycles. The molecule has 7 nitrogen and oxygen atoms in total. The number of carbonyl (C=O) groups is 1. The van der Waals surface area contributed by atoms with Crippen molar-refractivity contribution in [1.82, 2.24) is 9.88 Å². The summed E-state index contributed by atoms with van der Waals surface area (Å²) in [5, 5.41) is 6.34. The van der Waals surface area contributed by atoms with Crippen LogP contribution in [0.2, 0.25) is 0 Å². The lowest BCUT2D eigenvalue weighted by Crippen LogP contribution is -2.40. The summed E-state index contributed by atoms with van der Waals surface area (Å²) in [6.45, 7) is 5.89. The lowest BCUT2D eigenvalue weighted by Gasteiger charge is -2.35. The number of carbonyl (C=O) groups excluding carboxylic acids is 1. The second-order valence-corrected chi connectivity index (χ2v) is 9.84. The summed E-state index contributed by atoms with van der Waals surface area (Å²) in [5.74, 6) is 0.492. The average Bonchev–Trinajstić information content (AvgIpc) is 3.21. The van der Waals surface area contributed by atoms with Crippen LogP contribution in [0.3, 0.4) is 0 Å². The number of anilines is 3. The van der Waals surface area contributed by atoms with E-state index in [0.717, 1.165) is 29.5 Å². The van der Waals surface area contributed by atoms with Crippen LogP contribution in [0.4, 0.5) is 35.3 Å². The summed E-state index contributed by atoms with van der Waals surface area (Å²) in [6.07, 6.45) is -3.01. The second kappa shape index (κ2) is 9.93. The van der Waals surface area contributed by atoms with Crippen molar-refractivity contribution in [3.05, 3.63) is 35.9 Å². The molecule has 0 bridgehead atoms. The standard InChI is InChI=1S/C25H32F3N5O2/c1-16-3-4-19(30-23(34)33-8-5-17(15-33)14-25(26,27)28)13-20(16)18-11-21(29)31-22(12-18)32-24(2)6-9-35-10-7-24/h3-4,11-13,17H,5-10,14-15H2,1-2H3,(H,30,34)(H3,29,31,32)/t17-/m0/s1. The molecule has 1 aromatic heterocycles. The Morgan fingerprint density at radius 3 is 2.71 bits per heavy atom. The summed E-state index contributed by atoms with van der Waals surface area (Å²) in [7, 11) is 0. The fraction of sp³-hybridized carbons (Fsp3) is 0.520. The van der Waals surface area contributed by atoms with Crippen LogP contribution in [0.1, 0.15) is 38.2 Å². The number of halogens is 3. The van der Waals surface area contributed by atoms with Gasteiger partial charge in [0.25, 0.3) is 0 Å². The zero-order valence-corrected chi connectivity index (χ0v) is 20.0. The van der Waals surface area contributed by atoms with Gasteiger partial charge in [-0.2, -0.15) is 13.2 Å². The highest BCUT2D eigenvalue weighted by atomic mass is 19.4. The first kappa shape index (κ1) is 25.1. The summed E-state index contributed by atoms with van der Waals surface area (Å²) in [4.78, 5) is 18.6. The first-order chi connectivity index (χ1) is 16.5. The molecule has 4 rings (SSSR count). The highest BCUT2D eigenvalue weighted by molar-refractivity contribution is 5.91. The topological polar surface area (TPSA) is 92.5 Å². The number of alkyl halides is 3. The third-order valence-corrected chi connectivity index (χ3v) is 6.76. The Kier molecular flexibility index (Phi) is 7.12. The number of hydrogen-bond acceptors (Lipinski definition) is 5. The number of amides is 2. The SMILES string of the molecule is Cc1ccc(NC(=O)N2CC[C@@H](CC(F)(F)F)C2)cc1-c1cc(N)nc(NC2(C)CCOCC2)c1. The monoisotopic (exact) mass is 491 g/mol. The van der Waals surface area contributed by atoms with E-state index in [4.69, 9.17) is 10.5 Å². The molecule has 10 heteroatoms. The predicted molar refractivity (Wildman–Crippen MR) is 130 cm³/mol. The van der Waals surface area contributed by atoms with Crippen molar-refractivity contribution in [2.45, 2.75) is 51.2 Å². The number of rotatable bonds is 5. The van der Waals surface area contributed by atoms with Gasteiger partial charge in [0, 0.05) is 44.0 Å². The number of pyridine rings is 1. The van der Waals surface area contributed by atoms with Gasteiger partial charge in [0.15, 0.2) is 0 Å². The molecular weight excluding hydrogens is 459 g/mol. The minimum absolute atomic E-state index is 0.101. The second-order valence-electron chi connectivity index (χ2n) is 9.84. The zero-order chi connectivity index (χ0) is 25.2. The molecule has 2 amide bonds. The fourth-order valence-electron chi connectivity index (χ4n) is 4.75. The third-order valence-electron chi connectivity index (χ3n) is 6.76. The maximum Gasteiger partial charge on any atom is 0.389 e. The number of nitrogens with one attached hydrogen (secondary N) is 2. The van der Waals surface area contributed by atoms with Crippen molar-refractivity contribution < 1.29 is 22.7 Å². The summed E-state index contributed by atoms with van der Waals surface area (Å²) >= 11 is 0. The summed E-state index contributed by atoms with van der Waals surface area (Å²) < 4.78 is 43.5. The van der Waals surface area contributed by atoms with E-state index < -0.39 is 24.5 Å². The number of likely N-dealkylation sites (tertiary alicyclic amines) is 1. The Morgan fingerprint density at radius 1 is 1.26 bits per heavy atom. The number of benzene rings is 1. The number of hydrogen-bond donors (Lipinski definition) is 3. The van der Waals surface area contributed by atoms with Crippen molar-refractivity contribution in [2.75, 3.05) is 42.7 Å². The molecule has 2 aromatic rings. The molecule has 1 aromatic carbocycles. The molecule has 2 aliphatic rings. The first-order valence-electron chi connectivity index (χ1n) is 11.9. The number of nitrogen functional groups attached to an aromatic ring is 1. The lowest BCUT2D eigenvalue weighted by molar-refractivity contribution is -0.143. The normalized spacial score (nSPS) is 20.0. The molecule has 3 heterocycles. The number of ether oxygens (including phenoxy) is 1. The van der Waals surface area contributed by atoms with Crippen molar-refractivity contribution in [2.24, 2.45) is 5.92 Å². The summed E-state index contributed by atoms with van der Waals surface area (Å²) in [5.41, 5.74) is 9.28. The van der Waals surface area contributed by atoms with Crippen LogP contribution in [-0.4, -0.2) is 53.9 Å². The Bertz CT molecular complexity index is 1070. The van der Waals surface area contributed by atoms with Crippen LogP contribution in [0.15, 0.2) is 30.3 Å². The van der Waals surface area contributed by atoms with Crippen LogP contribution >= 0.6 is 0 Å². The maximum atomic E-state index is 12.7. The quantitative estimate of drug-likeness (QED) is 0.519. The van der Waals surface area contributed by atoms with Gasteiger partial charge in [-0.15, -0.1) is 0 Å². The Hall–Kier alpha value is -3.01. The van der Waals surface area contributed by atoms with E-state index >= 15 is 0 Å². The minimum Gasteiger partial charge on any atom is -0.384 e. The van der Waals surface area contributed by atoms with Crippen molar-refractivity contribution in [3.8, 4) is 11.1 Å². The average molecular weight is 492 g/mol. The number of urea groups is 1. The molecule has 0 saturated carbocycles. The van der Waals surface area contributed by atoms with Crippen molar-refractivity contribution >= 4 is 23.4 Å². The molecule has 4 N–H and O–H groups in total. The number of aromatic nitrogens is 1. The molecule has 2 saturated heterocycles. The Balaban J connectivity index is 1.49. The van der Waals surface area contributed by atoms with E-state index in [1.807, 2.05) is 25.1 Å². The number of aryl methyl sites for hydroxylation is 1. The van der Waals surface area contributed by atoms with Crippen LogP contribution in [0.25, 0.3) is 11.1 Å². The van der Waals surface area contributed by atoms with Crippen LogP contribution in [0.5, 0.6) is 0 Å².